The zero-order valence-electron chi connectivity index (χ0n) is 11.1. The first-order valence-electron chi connectivity index (χ1n) is 6.96. The second-order valence-corrected chi connectivity index (χ2v) is 6.24. The van der Waals surface area contributed by atoms with Gasteiger partial charge in [0.15, 0.2) is 11.5 Å². The Balaban J connectivity index is 2.01. The third-order valence-electron chi connectivity index (χ3n) is 3.86. The van der Waals surface area contributed by atoms with Crippen LogP contribution in [0, 0.1) is 5.92 Å². The molecule has 3 rings (SSSR count). The molecule has 0 radical (unpaired) electrons. The summed E-state index contributed by atoms with van der Waals surface area (Å²) in [6, 6.07) is 3.91. The van der Waals surface area contributed by atoms with Gasteiger partial charge in [0.05, 0.1) is 24.1 Å². The van der Waals surface area contributed by atoms with Gasteiger partial charge in [0.25, 0.3) is 0 Å². The minimum Gasteiger partial charge on any atom is -0.489 e. The molecular formula is C15H17BrO4. The molecule has 1 aromatic rings. The summed E-state index contributed by atoms with van der Waals surface area (Å²) >= 11 is 3.48. The highest BCUT2D eigenvalue weighted by Gasteiger charge is 2.36. The van der Waals surface area contributed by atoms with Gasteiger partial charge in [0, 0.05) is 17.9 Å². The molecule has 2 aliphatic rings. The van der Waals surface area contributed by atoms with Gasteiger partial charge in [-0.25, -0.2) is 0 Å². The van der Waals surface area contributed by atoms with Crippen LogP contribution < -0.4 is 9.47 Å². The van der Waals surface area contributed by atoms with Crippen molar-refractivity contribution in [2.24, 2.45) is 5.92 Å². The van der Waals surface area contributed by atoms with E-state index in [1.165, 1.54) is 0 Å². The lowest BCUT2D eigenvalue weighted by molar-refractivity contribution is -0.137. The third-order valence-corrected chi connectivity index (χ3v) is 4.49. The van der Waals surface area contributed by atoms with Crippen LogP contribution in [-0.2, 0) is 4.79 Å². The minimum absolute atomic E-state index is 0.0241. The molecule has 5 heteroatoms. The zero-order chi connectivity index (χ0) is 14.1. The van der Waals surface area contributed by atoms with Gasteiger partial charge in [0.2, 0.25) is 0 Å². The number of ether oxygens (including phenoxy) is 2. The van der Waals surface area contributed by atoms with Crippen molar-refractivity contribution in [1.29, 1.82) is 0 Å². The van der Waals surface area contributed by atoms with Gasteiger partial charge < -0.3 is 14.6 Å². The van der Waals surface area contributed by atoms with E-state index in [0.29, 0.717) is 19.1 Å². The van der Waals surface area contributed by atoms with Crippen molar-refractivity contribution in [1.82, 2.24) is 0 Å². The average Bonchev–Trinajstić information content (AvgIpc) is 3.23. The molecule has 1 saturated carbocycles. The Morgan fingerprint density at radius 3 is 2.65 bits per heavy atom. The Kier molecular flexibility index (Phi) is 3.87. The lowest BCUT2D eigenvalue weighted by atomic mass is 9.90. The monoisotopic (exact) mass is 340 g/mol. The predicted molar refractivity (Wildman–Crippen MR) is 77.5 cm³/mol. The molecule has 20 heavy (non-hydrogen) atoms. The number of fused-ring (bicyclic) bond motifs is 1. The van der Waals surface area contributed by atoms with Crippen LogP contribution in [-0.4, -0.2) is 24.3 Å². The fraction of sp³-hybridized carbons (Fsp3) is 0.533. The molecule has 0 spiro atoms. The summed E-state index contributed by atoms with van der Waals surface area (Å²) in [5.41, 5.74) is 0.981. The molecule has 1 aliphatic carbocycles. The Bertz CT molecular complexity index is 525. The Hall–Kier alpha value is -1.23. The SMILES string of the molecule is O=C(O)CC(c1ccc(Br)c2c1OCCCO2)C1CC1. The molecule has 0 aromatic heterocycles. The van der Waals surface area contributed by atoms with E-state index in [2.05, 4.69) is 15.9 Å². The number of hydrogen-bond donors (Lipinski definition) is 1. The molecule has 4 nitrogen and oxygen atoms in total. The van der Waals surface area contributed by atoms with Gasteiger partial charge in [0.1, 0.15) is 0 Å². The smallest absolute Gasteiger partial charge is 0.303 e. The first-order valence-corrected chi connectivity index (χ1v) is 7.76. The quantitative estimate of drug-likeness (QED) is 0.910. The van der Waals surface area contributed by atoms with Crippen molar-refractivity contribution >= 4 is 21.9 Å². The van der Waals surface area contributed by atoms with Gasteiger partial charge in [-0.15, -0.1) is 0 Å². The van der Waals surface area contributed by atoms with Gasteiger partial charge in [-0.05, 0) is 40.8 Å². The summed E-state index contributed by atoms with van der Waals surface area (Å²) in [6.07, 6.45) is 3.20. The largest absolute Gasteiger partial charge is 0.489 e. The average molecular weight is 341 g/mol. The van der Waals surface area contributed by atoms with Gasteiger partial charge in [-0.1, -0.05) is 6.07 Å². The van der Waals surface area contributed by atoms with Gasteiger partial charge >= 0.3 is 5.97 Å². The summed E-state index contributed by atoms with van der Waals surface area (Å²) < 4.78 is 12.5. The van der Waals surface area contributed by atoms with Crippen molar-refractivity contribution in [3.8, 4) is 11.5 Å². The standard InChI is InChI=1S/C15H17BrO4/c16-12-5-4-10(11(8-13(17)18)9-2-3-9)14-15(12)20-7-1-6-19-14/h4-5,9,11H,1-3,6-8H2,(H,17,18). The minimum atomic E-state index is -0.756. The zero-order valence-corrected chi connectivity index (χ0v) is 12.7. The van der Waals surface area contributed by atoms with Crippen molar-refractivity contribution in [2.75, 3.05) is 13.2 Å². The molecule has 1 atom stereocenters. The van der Waals surface area contributed by atoms with E-state index in [1.54, 1.807) is 0 Å². The number of halogens is 1. The lowest BCUT2D eigenvalue weighted by Gasteiger charge is -2.20. The second-order valence-electron chi connectivity index (χ2n) is 5.39. The molecule has 1 N–H and O–H groups in total. The normalized spacial score (nSPS) is 19.2. The summed E-state index contributed by atoms with van der Waals surface area (Å²) in [6.45, 7) is 1.24. The van der Waals surface area contributed by atoms with Crippen LogP contribution in [0.25, 0.3) is 0 Å². The van der Waals surface area contributed by atoms with Crippen LogP contribution in [0.4, 0.5) is 0 Å². The van der Waals surface area contributed by atoms with Crippen LogP contribution in [0.15, 0.2) is 16.6 Å². The van der Waals surface area contributed by atoms with Crippen LogP contribution in [0.3, 0.4) is 0 Å². The first-order chi connectivity index (χ1) is 9.66. The molecule has 0 saturated heterocycles. The fourth-order valence-electron chi connectivity index (χ4n) is 2.75. The highest BCUT2D eigenvalue weighted by molar-refractivity contribution is 9.10. The van der Waals surface area contributed by atoms with E-state index in [4.69, 9.17) is 14.6 Å². The van der Waals surface area contributed by atoms with E-state index in [1.807, 2.05) is 12.1 Å². The molecule has 1 aromatic carbocycles. The Labute approximate surface area is 126 Å². The molecule has 108 valence electrons. The van der Waals surface area contributed by atoms with E-state index < -0.39 is 5.97 Å². The van der Waals surface area contributed by atoms with Crippen LogP contribution >= 0.6 is 15.9 Å². The molecule has 0 amide bonds. The Morgan fingerprint density at radius 2 is 2.00 bits per heavy atom. The van der Waals surface area contributed by atoms with Crippen LogP contribution in [0.2, 0.25) is 0 Å². The van der Waals surface area contributed by atoms with E-state index in [0.717, 1.165) is 40.8 Å². The van der Waals surface area contributed by atoms with Gasteiger partial charge in [-0.2, -0.15) is 0 Å². The molecule has 1 aliphatic heterocycles. The summed E-state index contributed by atoms with van der Waals surface area (Å²) in [7, 11) is 0. The van der Waals surface area contributed by atoms with E-state index in [-0.39, 0.29) is 12.3 Å². The second kappa shape index (κ2) is 5.64. The molecule has 1 heterocycles. The third kappa shape index (κ3) is 2.77. The van der Waals surface area contributed by atoms with Crippen LogP contribution in [0.5, 0.6) is 11.5 Å². The van der Waals surface area contributed by atoms with Crippen molar-refractivity contribution < 1.29 is 19.4 Å². The fourth-order valence-corrected chi connectivity index (χ4v) is 3.18. The number of hydrogen-bond acceptors (Lipinski definition) is 3. The number of carbonyl (C=O) groups is 1. The van der Waals surface area contributed by atoms with Crippen molar-refractivity contribution in [3.05, 3.63) is 22.2 Å². The highest BCUT2D eigenvalue weighted by atomic mass is 79.9. The predicted octanol–water partition coefficient (Wildman–Crippen LogP) is 3.58. The molecule has 1 unspecified atom stereocenters. The number of aliphatic carboxylic acids is 1. The summed E-state index contributed by atoms with van der Waals surface area (Å²) in [5.74, 6) is 1.18. The number of benzene rings is 1. The maximum Gasteiger partial charge on any atom is 0.303 e. The topological polar surface area (TPSA) is 55.8 Å². The van der Waals surface area contributed by atoms with Crippen molar-refractivity contribution in [3.63, 3.8) is 0 Å². The maximum atomic E-state index is 11.1. The number of rotatable bonds is 4. The number of carboxylic acid groups (broad SMARTS) is 1. The van der Waals surface area contributed by atoms with E-state index in [9.17, 15) is 4.79 Å². The highest BCUT2D eigenvalue weighted by Crippen LogP contribution is 2.50. The first kappa shape index (κ1) is 13.7. The molecular weight excluding hydrogens is 324 g/mol. The maximum absolute atomic E-state index is 11.1. The van der Waals surface area contributed by atoms with Crippen molar-refractivity contribution in [2.45, 2.75) is 31.6 Å². The lowest BCUT2D eigenvalue weighted by Crippen LogP contribution is -2.10. The van der Waals surface area contributed by atoms with Gasteiger partial charge in [-0.3, -0.25) is 4.79 Å². The van der Waals surface area contributed by atoms with Crippen LogP contribution in [0.1, 0.15) is 37.2 Å². The summed E-state index contributed by atoms with van der Waals surface area (Å²) in [5, 5.41) is 9.15. The number of carboxylic acids is 1. The molecule has 0 bridgehead atoms. The molecule has 1 fully saturated rings. The summed E-state index contributed by atoms with van der Waals surface area (Å²) in [4.78, 5) is 11.1. The Morgan fingerprint density at radius 1 is 1.30 bits per heavy atom. The van der Waals surface area contributed by atoms with E-state index >= 15 is 0 Å².